The Morgan fingerprint density at radius 3 is 2.86 bits per heavy atom. The van der Waals surface area contributed by atoms with Crippen molar-refractivity contribution in [3.05, 3.63) is 5.82 Å². The normalized spacial score (nSPS) is 23.3. The number of nitrogens with zero attached hydrogens (tertiary/aromatic N) is 4. The summed E-state index contributed by atoms with van der Waals surface area (Å²) in [6.45, 7) is 9.16. The Labute approximate surface area is 131 Å². The highest BCUT2D eigenvalue weighted by molar-refractivity contribution is 7.09. The van der Waals surface area contributed by atoms with E-state index in [1.165, 1.54) is 30.9 Å². The van der Waals surface area contributed by atoms with Crippen LogP contribution in [0.5, 0.6) is 0 Å². The second-order valence-corrected chi connectivity index (χ2v) is 7.42. The van der Waals surface area contributed by atoms with E-state index in [0.717, 1.165) is 43.1 Å². The van der Waals surface area contributed by atoms with Crippen LogP contribution < -0.4 is 4.90 Å². The standard InChI is InChI=1S/C15H26N4OS/c1-11(2)14-16-15(21-17-14)19-6-7-20-13(10-19)9-18(3)8-12-4-5-12/h11-13H,4-10H2,1-3H3. The molecule has 1 aliphatic carbocycles. The molecule has 1 atom stereocenters. The minimum Gasteiger partial charge on any atom is -0.373 e. The maximum absolute atomic E-state index is 5.93. The van der Waals surface area contributed by atoms with Crippen molar-refractivity contribution in [1.29, 1.82) is 0 Å². The van der Waals surface area contributed by atoms with E-state index in [2.05, 4.69) is 40.1 Å². The van der Waals surface area contributed by atoms with E-state index in [9.17, 15) is 0 Å². The van der Waals surface area contributed by atoms with E-state index in [-0.39, 0.29) is 6.10 Å². The Kier molecular flexibility index (Phi) is 4.76. The number of aromatic nitrogens is 2. The molecule has 118 valence electrons. The molecule has 0 bridgehead atoms. The first-order chi connectivity index (χ1) is 10.1. The van der Waals surface area contributed by atoms with E-state index in [1.54, 1.807) is 0 Å². The number of likely N-dealkylation sites (N-methyl/N-ethyl adjacent to an activating group) is 1. The average molecular weight is 310 g/mol. The molecule has 2 heterocycles. The van der Waals surface area contributed by atoms with Crippen LogP contribution in [0.15, 0.2) is 0 Å². The molecule has 6 heteroatoms. The molecule has 21 heavy (non-hydrogen) atoms. The van der Waals surface area contributed by atoms with Crippen molar-refractivity contribution >= 4 is 16.7 Å². The molecule has 1 saturated heterocycles. The maximum atomic E-state index is 5.93. The Morgan fingerprint density at radius 1 is 1.38 bits per heavy atom. The fourth-order valence-electron chi connectivity index (χ4n) is 2.76. The zero-order chi connectivity index (χ0) is 14.8. The number of hydrogen-bond donors (Lipinski definition) is 0. The third-order valence-electron chi connectivity index (χ3n) is 4.14. The fraction of sp³-hybridized carbons (Fsp3) is 0.867. The van der Waals surface area contributed by atoms with Gasteiger partial charge in [-0.05, 0) is 25.8 Å². The molecule has 0 spiro atoms. The highest BCUT2D eigenvalue weighted by Gasteiger charge is 2.27. The first-order valence-corrected chi connectivity index (χ1v) is 8.78. The predicted molar refractivity (Wildman–Crippen MR) is 86.2 cm³/mol. The summed E-state index contributed by atoms with van der Waals surface area (Å²) in [5.41, 5.74) is 0. The van der Waals surface area contributed by atoms with Gasteiger partial charge in [0.15, 0.2) is 0 Å². The van der Waals surface area contributed by atoms with Crippen LogP contribution >= 0.6 is 11.5 Å². The van der Waals surface area contributed by atoms with Gasteiger partial charge in [-0.15, -0.1) is 0 Å². The Bertz CT molecular complexity index is 460. The summed E-state index contributed by atoms with van der Waals surface area (Å²) in [6.07, 6.45) is 3.10. The number of rotatable bonds is 6. The van der Waals surface area contributed by atoms with Crippen molar-refractivity contribution in [3.63, 3.8) is 0 Å². The van der Waals surface area contributed by atoms with Crippen molar-refractivity contribution in [2.75, 3.05) is 44.7 Å². The number of morpholine rings is 1. The van der Waals surface area contributed by atoms with Gasteiger partial charge in [0.25, 0.3) is 0 Å². The van der Waals surface area contributed by atoms with Crippen LogP contribution in [-0.2, 0) is 4.74 Å². The highest BCUT2D eigenvalue weighted by atomic mass is 32.1. The summed E-state index contributed by atoms with van der Waals surface area (Å²) in [5.74, 6) is 2.30. The molecule has 0 N–H and O–H groups in total. The van der Waals surface area contributed by atoms with Crippen molar-refractivity contribution in [1.82, 2.24) is 14.3 Å². The highest BCUT2D eigenvalue weighted by Crippen LogP contribution is 2.29. The molecule has 2 aliphatic rings. The van der Waals surface area contributed by atoms with E-state index in [0.29, 0.717) is 5.92 Å². The van der Waals surface area contributed by atoms with E-state index in [1.807, 2.05) is 0 Å². The minimum absolute atomic E-state index is 0.286. The summed E-state index contributed by atoms with van der Waals surface area (Å²) in [4.78, 5) is 9.43. The average Bonchev–Trinajstić information content (AvgIpc) is 3.11. The first kappa shape index (κ1) is 15.2. The van der Waals surface area contributed by atoms with Gasteiger partial charge in [0.1, 0.15) is 5.82 Å². The number of hydrogen-bond acceptors (Lipinski definition) is 6. The van der Waals surface area contributed by atoms with Crippen molar-refractivity contribution in [2.24, 2.45) is 5.92 Å². The van der Waals surface area contributed by atoms with Crippen molar-refractivity contribution < 1.29 is 4.74 Å². The first-order valence-electron chi connectivity index (χ1n) is 8.00. The van der Waals surface area contributed by atoms with Crippen molar-refractivity contribution in [3.8, 4) is 0 Å². The molecule has 1 aromatic heterocycles. The molecule has 0 amide bonds. The van der Waals surface area contributed by atoms with Gasteiger partial charge >= 0.3 is 0 Å². The fourth-order valence-corrected chi connectivity index (χ4v) is 3.60. The smallest absolute Gasteiger partial charge is 0.205 e. The van der Waals surface area contributed by atoms with Gasteiger partial charge in [0.05, 0.1) is 12.7 Å². The maximum Gasteiger partial charge on any atom is 0.205 e. The third kappa shape index (κ3) is 4.14. The second-order valence-electron chi connectivity index (χ2n) is 6.69. The quantitative estimate of drug-likeness (QED) is 0.806. The number of ether oxygens (including phenoxy) is 1. The van der Waals surface area contributed by atoms with Gasteiger partial charge in [-0.3, -0.25) is 0 Å². The molecular formula is C15H26N4OS. The largest absolute Gasteiger partial charge is 0.373 e. The summed E-state index contributed by atoms with van der Waals surface area (Å²) in [6, 6.07) is 0. The zero-order valence-corrected chi connectivity index (χ0v) is 14.1. The lowest BCUT2D eigenvalue weighted by molar-refractivity contribution is 0.0199. The summed E-state index contributed by atoms with van der Waals surface area (Å²) < 4.78 is 10.4. The Morgan fingerprint density at radius 2 is 2.19 bits per heavy atom. The zero-order valence-electron chi connectivity index (χ0n) is 13.3. The van der Waals surface area contributed by atoms with Crippen LogP contribution in [0.1, 0.15) is 38.4 Å². The predicted octanol–water partition coefficient (Wildman–Crippen LogP) is 2.21. The second kappa shape index (κ2) is 6.58. The lowest BCUT2D eigenvalue weighted by Gasteiger charge is -2.34. The van der Waals surface area contributed by atoms with Crippen LogP contribution in [-0.4, -0.2) is 60.2 Å². The van der Waals surface area contributed by atoms with Crippen LogP contribution in [0.3, 0.4) is 0 Å². The molecule has 1 aliphatic heterocycles. The third-order valence-corrected chi connectivity index (χ3v) is 4.93. The summed E-state index contributed by atoms with van der Waals surface area (Å²) >= 11 is 1.52. The number of anilines is 1. The van der Waals surface area contributed by atoms with Gasteiger partial charge < -0.3 is 14.5 Å². The van der Waals surface area contributed by atoms with Crippen LogP contribution in [0.2, 0.25) is 0 Å². The van der Waals surface area contributed by atoms with Gasteiger partial charge in [-0.2, -0.15) is 4.37 Å². The minimum atomic E-state index is 0.286. The monoisotopic (exact) mass is 310 g/mol. The molecular weight excluding hydrogens is 284 g/mol. The molecule has 5 nitrogen and oxygen atoms in total. The summed E-state index contributed by atoms with van der Waals surface area (Å²) in [5, 5.41) is 1.05. The van der Waals surface area contributed by atoms with Gasteiger partial charge in [-0.25, -0.2) is 4.98 Å². The van der Waals surface area contributed by atoms with Gasteiger partial charge in [0, 0.05) is 43.6 Å². The van der Waals surface area contributed by atoms with E-state index in [4.69, 9.17) is 4.74 Å². The van der Waals surface area contributed by atoms with Gasteiger partial charge in [-0.1, -0.05) is 13.8 Å². The molecule has 2 fully saturated rings. The molecule has 3 rings (SSSR count). The molecule has 1 unspecified atom stereocenters. The molecule has 1 aromatic rings. The lowest BCUT2D eigenvalue weighted by Crippen LogP contribution is -2.47. The molecule has 0 radical (unpaired) electrons. The topological polar surface area (TPSA) is 41.5 Å². The van der Waals surface area contributed by atoms with Gasteiger partial charge in [0.2, 0.25) is 5.13 Å². The Hall–Kier alpha value is -0.720. The van der Waals surface area contributed by atoms with Crippen LogP contribution in [0.25, 0.3) is 0 Å². The SMILES string of the molecule is CC(C)c1nsc(N2CCOC(CN(C)CC3CC3)C2)n1. The molecule has 1 saturated carbocycles. The van der Waals surface area contributed by atoms with E-state index >= 15 is 0 Å². The lowest BCUT2D eigenvalue weighted by atomic mass is 10.2. The Balaban J connectivity index is 1.54. The van der Waals surface area contributed by atoms with Crippen LogP contribution in [0.4, 0.5) is 5.13 Å². The molecule has 0 aromatic carbocycles. The van der Waals surface area contributed by atoms with Crippen molar-refractivity contribution in [2.45, 2.75) is 38.7 Å². The van der Waals surface area contributed by atoms with Crippen LogP contribution in [0, 0.1) is 5.92 Å². The van der Waals surface area contributed by atoms with E-state index < -0.39 is 0 Å². The summed E-state index contributed by atoms with van der Waals surface area (Å²) in [7, 11) is 2.21.